The third-order valence-electron chi connectivity index (χ3n) is 2.93. The Morgan fingerprint density at radius 3 is 2.60 bits per heavy atom. The second-order valence-electron chi connectivity index (χ2n) is 4.51. The number of rotatable bonds is 4. The van der Waals surface area contributed by atoms with Crippen molar-refractivity contribution in [3.8, 4) is 5.75 Å². The van der Waals surface area contributed by atoms with Crippen LogP contribution in [0.15, 0.2) is 18.2 Å². The molecule has 0 aliphatic heterocycles. The molecule has 0 saturated heterocycles. The Hall–Kier alpha value is -1.92. The number of para-hydroxylation sites is 1. The Bertz CT molecular complexity index is 617. The number of nitrogens with two attached hydrogens (primary N) is 1. The summed E-state index contributed by atoms with van der Waals surface area (Å²) in [5.74, 6) is 5.68. The van der Waals surface area contributed by atoms with Gasteiger partial charge in [0.2, 0.25) is 0 Å². The standard InChI is InChI=1S/C14H17N3O2S/c1-8-5-4-6-9(2)12(8)19-7-11-16-10(3)13(20-11)14(18)17-15/h4-6H,7,15H2,1-3H3,(H,17,18). The van der Waals surface area contributed by atoms with E-state index in [1.807, 2.05) is 32.0 Å². The number of carbonyl (C=O) groups is 1. The number of nitrogens with one attached hydrogen (secondary N) is 1. The van der Waals surface area contributed by atoms with Crippen LogP contribution in [0.5, 0.6) is 5.75 Å². The third-order valence-corrected chi connectivity index (χ3v) is 4.06. The molecule has 0 spiro atoms. The molecule has 0 radical (unpaired) electrons. The summed E-state index contributed by atoms with van der Waals surface area (Å²) in [7, 11) is 0. The number of amides is 1. The average Bonchev–Trinajstić information content (AvgIpc) is 2.78. The number of ether oxygens (including phenoxy) is 1. The molecule has 0 aliphatic carbocycles. The maximum Gasteiger partial charge on any atom is 0.277 e. The van der Waals surface area contributed by atoms with Gasteiger partial charge in [-0.1, -0.05) is 18.2 Å². The lowest BCUT2D eigenvalue weighted by atomic mass is 10.1. The van der Waals surface area contributed by atoms with Crippen molar-refractivity contribution in [2.45, 2.75) is 27.4 Å². The minimum Gasteiger partial charge on any atom is -0.486 e. The fraction of sp³-hybridized carbons (Fsp3) is 0.286. The van der Waals surface area contributed by atoms with Crippen LogP contribution in [-0.2, 0) is 6.61 Å². The summed E-state index contributed by atoms with van der Waals surface area (Å²) in [5, 5.41) is 0.753. The van der Waals surface area contributed by atoms with Crippen LogP contribution < -0.4 is 16.0 Å². The smallest absolute Gasteiger partial charge is 0.277 e. The number of hydrogen-bond donors (Lipinski definition) is 2. The summed E-state index contributed by atoms with van der Waals surface area (Å²) in [4.78, 5) is 16.4. The zero-order chi connectivity index (χ0) is 14.7. The van der Waals surface area contributed by atoms with E-state index in [2.05, 4.69) is 10.4 Å². The number of hydrogen-bond acceptors (Lipinski definition) is 5. The summed E-state index contributed by atoms with van der Waals surface area (Å²) < 4.78 is 5.82. The van der Waals surface area contributed by atoms with E-state index in [0.717, 1.165) is 21.9 Å². The molecule has 1 aromatic heterocycles. The molecule has 0 unspecified atom stereocenters. The lowest BCUT2D eigenvalue weighted by molar-refractivity contribution is 0.0957. The molecule has 1 amide bonds. The first-order chi connectivity index (χ1) is 9.52. The van der Waals surface area contributed by atoms with E-state index in [4.69, 9.17) is 10.6 Å². The quantitative estimate of drug-likeness (QED) is 0.514. The lowest BCUT2D eigenvalue weighted by Gasteiger charge is -2.10. The van der Waals surface area contributed by atoms with Crippen LogP contribution in [0.4, 0.5) is 0 Å². The summed E-state index contributed by atoms with van der Waals surface area (Å²) >= 11 is 1.29. The number of nitrogen functional groups attached to an aromatic ring is 1. The summed E-state index contributed by atoms with van der Waals surface area (Å²) in [6.45, 7) is 6.13. The highest BCUT2D eigenvalue weighted by atomic mass is 32.1. The lowest BCUT2D eigenvalue weighted by Crippen LogP contribution is -2.29. The van der Waals surface area contributed by atoms with Gasteiger partial charge in [-0.25, -0.2) is 10.8 Å². The normalized spacial score (nSPS) is 10.4. The number of carbonyl (C=O) groups excluding carboxylic acids is 1. The van der Waals surface area contributed by atoms with Crippen LogP contribution in [0, 0.1) is 20.8 Å². The minimum atomic E-state index is -0.321. The number of nitrogens with zero attached hydrogens (tertiary/aromatic N) is 1. The maximum atomic E-state index is 11.5. The fourth-order valence-electron chi connectivity index (χ4n) is 1.95. The maximum absolute atomic E-state index is 11.5. The largest absolute Gasteiger partial charge is 0.486 e. The van der Waals surface area contributed by atoms with Gasteiger partial charge in [0, 0.05) is 0 Å². The monoisotopic (exact) mass is 291 g/mol. The van der Waals surface area contributed by atoms with E-state index < -0.39 is 0 Å². The Morgan fingerprint density at radius 1 is 1.35 bits per heavy atom. The van der Waals surface area contributed by atoms with Gasteiger partial charge in [0.25, 0.3) is 5.91 Å². The van der Waals surface area contributed by atoms with Crippen molar-refractivity contribution in [1.29, 1.82) is 0 Å². The van der Waals surface area contributed by atoms with E-state index in [9.17, 15) is 4.79 Å². The van der Waals surface area contributed by atoms with Crippen molar-refractivity contribution in [2.75, 3.05) is 0 Å². The highest BCUT2D eigenvalue weighted by Crippen LogP contribution is 2.25. The second kappa shape index (κ2) is 6.02. The van der Waals surface area contributed by atoms with Crippen LogP contribution >= 0.6 is 11.3 Å². The first kappa shape index (κ1) is 14.5. The van der Waals surface area contributed by atoms with E-state index in [0.29, 0.717) is 17.2 Å². The van der Waals surface area contributed by atoms with Gasteiger partial charge in [-0.15, -0.1) is 11.3 Å². The molecule has 20 heavy (non-hydrogen) atoms. The van der Waals surface area contributed by atoms with Crippen molar-refractivity contribution in [1.82, 2.24) is 10.4 Å². The molecule has 0 bridgehead atoms. The van der Waals surface area contributed by atoms with Crippen molar-refractivity contribution in [3.63, 3.8) is 0 Å². The van der Waals surface area contributed by atoms with Gasteiger partial charge < -0.3 is 4.74 Å². The van der Waals surface area contributed by atoms with E-state index >= 15 is 0 Å². The molecule has 3 N–H and O–H groups in total. The Kier molecular flexibility index (Phi) is 4.36. The van der Waals surface area contributed by atoms with Crippen LogP contribution in [0.2, 0.25) is 0 Å². The van der Waals surface area contributed by atoms with Crippen molar-refractivity contribution in [3.05, 3.63) is 44.9 Å². The molecule has 0 atom stereocenters. The number of thiazole rings is 1. The molecule has 0 saturated carbocycles. The SMILES string of the molecule is Cc1cccc(C)c1OCc1nc(C)c(C(=O)NN)s1. The first-order valence-electron chi connectivity index (χ1n) is 6.19. The summed E-state index contributed by atoms with van der Waals surface area (Å²) in [5.41, 5.74) is 4.95. The minimum absolute atomic E-state index is 0.321. The predicted molar refractivity (Wildman–Crippen MR) is 78.8 cm³/mol. The van der Waals surface area contributed by atoms with Gasteiger partial charge in [-0.2, -0.15) is 0 Å². The average molecular weight is 291 g/mol. The first-order valence-corrected chi connectivity index (χ1v) is 7.01. The van der Waals surface area contributed by atoms with E-state index in [1.165, 1.54) is 11.3 Å². The molecule has 5 nitrogen and oxygen atoms in total. The number of aromatic nitrogens is 1. The zero-order valence-corrected chi connectivity index (χ0v) is 12.5. The van der Waals surface area contributed by atoms with Crippen LogP contribution in [0.25, 0.3) is 0 Å². The van der Waals surface area contributed by atoms with Gasteiger partial charge in [0.15, 0.2) is 0 Å². The molecular weight excluding hydrogens is 274 g/mol. The van der Waals surface area contributed by atoms with Gasteiger partial charge in [0.1, 0.15) is 22.2 Å². The summed E-state index contributed by atoms with van der Waals surface area (Å²) in [6, 6.07) is 6.00. The highest BCUT2D eigenvalue weighted by Gasteiger charge is 2.15. The van der Waals surface area contributed by atoms with Gasteiger partial charge in [-0.05, 0) is 31.9 Å². The molecular formula is C14H17N3O2S. The fourth-order valence-corrected chi connectivity index (χ4v) is 2.83. The van der Waals surface area contributed by atoms with E-state index in [1.54, 1.807) is 6.92 Å². The van der Waals surface area contributed by atoms with Crippen LogP contribution in [0.1, 0.15) is 31.5 Å². The molecule has 1 heterocycles. The molecule has 6 heteroatoms. The molecule has 2 rings (SSSR count). The Morgan fingerprint density at radius 2 is 2.00 bits per heavy atom. The highest BCUT2D eigenvalue weighted by molar-refractivity contribution is 7.13. The van der Waals surface area contributed by atoms with Gasteiger partial charge >= 0.3 is 0 Å². The Labute approximate surface area is 121 Å². The molecule has 0 aliphatic rings. The van der Waals surface area contributed by atoms with Crippen molar-refractivity contribution >= 4 is 17.2 Å². The topological polar surface area (TPSA) is 77.2 Å². The number of aryl methyl sites for hydroxylation is 3. The van der Waals surface area contributed by atoms with Gasteiger partial charge in [0.05, 0.1) is 5.69 Å². The predicted octanol–water partition coefficient (Wildman–Crippen LogP) is 2.25. The molecule has 2 aromatic rings. The zero-order valence-electron chi connectivity index (χ0n) is 11.7. The molecule has 0 fully saturated rings. The number of benzene rings is 1. The van der Waals surface area contributed by atoms with E-state index in [-0.39, 0.29) is 5.91 Å². The van der Waals surface area contributed by atoms with Crippen molar-refractivity contribution in [2.24, 2.45) is 5.84 Å². The third kappa shape index (κ3) is 2.97. The number of hydrazine groups is 1. The van der Waals surface area contributed by atoms with Crippen molar-refractivity contribution < 1.29 is 9.53 Å². The van der Waals surface area contributed by atoms with Crippen LogP contribution in [-0.4, -0.2) is 10.9 Å². The molecule has 1 aromatic carbocycles. The second-order valence-corrected chi connectivity index (χ2v) is 5.59. The molecule has 106 valence electrons. The Balaban J connectivity index is 2.14. The summed E-state index contributed by atoms with van der Waals surface area (Å²) in [6.07, 6.45) is 0. The van der Waals surface area contributed by atoms with Crippen LogP contribution in [0.3, 0.4) is 0 Å². The van der Waals surface area contributed by atoms with Gasteiger partial charge in [-0.3, -0.25) is 10.2 Å².